The number of thiocarbonyl (C=S) groups is 1. The van der Waals surface area contributed by atoms with Gasteiger partial charge in [0.1, 0.15) is 4.99 Å². The monoisotopic (exact) mass is 285 g/mol. The Morgan fingerprint density at radius 1 is 0.950 bits per heavy atom. The average Bonchev–Trinajstić information content (AvgIpc) is 2.41. The van der Waals surface area contributed by atoms with E-state index in [-0.39, 0.29) is 5.91 Å². The molecule has 0 atom stereocenters. The molecule has 2 aromatic carbocycles. The van der Waals surface area contributed by atoms with Crippen molar-refractivity contribution in [2.75, 3.05) is 10.6 Å². The van der Waals surface area contributed by atoms with Crippen molar-refractivity contribution >= 4 is 40.2 Å². The van der Waals surface area contributed by atoms with Gasteiger partial charge in [-0.2, -0.15) is 0 Å². The summed E-state index contributed by atoms with van der Waals surface area (Å²) in [6, 6.07) is 15.0. The van der Waals surface area contributed by atoms with Gasteiger partial charge in [0.25, 0.3) is 0 Å². The fourth-order valence-corrected chi connectivity index (χ4v) is 1.86. The van der Waals surface area contributed by atoms with E-state index in [9.17, 15) is 4.79 Å². The van der Waals surface area contributed by atoms with Crippen LogP contribution in [0.4, 0.5) is 17.1 Å². The van der Waals surface area contributed by atoms with Crippen molar-refractivity contribution < 1.29 is 4.79 Å². The van der Waals surface area contributed by atoms with Crippen LogP contribution in [0.1, 0.15) is 12.5 Å². The molecule has 4 nitrogen and oxygen atoms in total. The molecule has 2 aromatic rings. The Kier molecular flexibility index (Phi) is 4.32. The predicted octanol–water partition coefficient (Wildman–Crippen LogP) is 3.02. The number of amides is 1. The zero-order chi connectivity index (χ0) is 14.5. The number of carbonyl (C=O) groups is 1. The van der Waals surface area contributed by atoms with Gasteiger partial charge < -0.3 is 16.4 Å². The molecule has 20 heavy (non-hydrogen) atoms. The third-order valence-electron chi connectivity index (χ3n) is 2.66. The van der Waals surface area contributed by atoms with Crippen LogP contribution >= 0.6 is 12.2 Å². The maximum absolute atomic E-state index is 10.9. The van der Waals surface area contributed by atoms with Crippen LogP contribution in [0.2, 0.25) is 0 Å². The van der Waals surface area contributed by atoms with Crippen molar-refractivity contribution in [3.8, 4) is 0 Å². The van der Waals surface area contributed by atoms with E-state index in [2.05, 4.69) is 10.6 Å². The van der Waals surface area contributed by atoms with Crippen molar-refractivity contribution in [1.29, 1.82) is 0 Å². The van der Waals surface area contributed by atoms with Crippen LogP contribution in [0.25, 0.3) is 0 Å². The lowest BCUT2D eigenvalue weighted by Gasteiger charge is -2.08. The number of nitrogens with two attached hydrogens (primary N) is 1. The molecule has 0 bridgehead atoms. The quantitative estimate of drug-likeness (QED) is 0.755. The van der Waals surface area contributed by atoms with Gasteiger partial charge in [-0.3, -0.25) is 4.79 Å². The maximum atomic E-state index is 10.9. The fraction of sp³-hybridized carbons (Fsp3) is 0.0667. The number of benzene rings is 2. The molecule has 0 spiro atoms. The molecule has 5 heteroatoms. The lowest BCUT2D eigenvalue weighted by molar-refractivity contribution is -0.114. The molecule has 0 radical (unpaired) electrons. The first-order valence-electron chi connectivity index (χ1n) is 6.09. The van der Waals surface area contributed by atoms with Gasteiger partial charge in [0.15, 0.2) is 0 Å². The van der Waals surface area contributed by atoms with Crippen LogP contribution < -0.4 is 16.4 Å². The summed E-state index contributed by atoms with van der Waals surface area (Å²) in [5, 5.41) is 5.97. The van der Waals surface area contributed by atoms with Crippen molar-refractivity contribution in [3.63, 3.8) is 0 Å². The molecule has 0 aromatic heterocycles. The zero-order valence-corrected chi connectivity index (χ0v) is 11.8. The predicted molar refractivity (Wildman–Crippen MR) is 86.4 cm³/mol. The van der Waals surface area contributed by atoms with Crippen molar-refractivity contribution in [2.24, 2.45) is 5.73 Å². The van der Waals surface area contributed by atoms with E-state index in [1.165, 1.54) is 6.92 Å². The number of nitrogens with one attached hydrogen (secondary N) is 2. The SMILES string of the molecule is CC(=O)Nc1ccc(Nc2ccc(C(N)=S)cc2)cc1. The van der Waals surface area contributed by atoms with E-state index in [1.54, 1.807) is 0 Å². The molecule has 0 unspecified atom stereocenters. The fourth-order valence-electron chi connectivity index (χ4n) is 1.72. The summed E-state index contributed by atoms with van der Waals surface area (Å²) in [5.41, 5.74) is 9.03. The third kappa shape index (κ3) is 3.80. The number of anilines is 3. The minimum atomic E-state index is -0.0842. The zero-order valence-electron chi connectivity index (χ0n) is 11.0. The lowest BCUT2D eigenvalue weighted by Crippen LogP contribution is -2.08. The summed E-state index contributed by atoms with van der Waals surface area (Å²) >= 11 is 4.91. The van der Waals surface area contributed by atoms with Crippen LogP contribution in [0.15, 0.2) is 48.5 Å². The second-order valence-corrected chi connectivity index (χ2v) is 4.76. The van der Waals surface area contributed by atoms with Gasteiger partial charge in [-0.25, -0.2) is 0 Å². The van der Waals surface area contributed by atoms with Crippen LogP contribution in [0.3, 0.4) is 0 Å². The Balaban J connectivity index is 2.06. The molecule has 0 aliphatic heterocycles. The first-order valence-corrected chi connectivity index (χ1v) is 6.50. The summed E-state index contributed by atoms with van der Waals surface area (Å²) in [6.07, 6.45) is 0. The molecular formula is C15H15N3OS. The molecule has 0 aliphatic carbocycles. The Hall–Kier alpha value is -2.40. The van der Waals surface area contributed by atoms with Crippen molar-refractivity contribution in [2.45, 2.75) is 6.92 Å². The standard InChI is InChI=1S/C15H15N3OS/c1-10(19)17-12-6-8-14(9-7-12)18-13-4-2-11(3-5-13)15(16)20/h2-9,18H,1H3,(H2,16,20)(H,17,19). The summed E-state index contributed by atoms with van der Waals surface area (Å²) in [4.78, 5) is 11.3. The van der Waals surface area contributed by atoms with Crippen LogP contribution in [-0.4, -0.2) is 10.9 Å². The highest BCUT2D eigenvalue weighted by molar-refractivity contribution is 7.80. The third-order valence-corrected chi connectivity index (χ3v) is 2.90. The van der Waals surface area contributed by atoms with Crippen LogP contribution in [-0.2, 0) is 4.79 Å². The topological polar surface area (TPSA) is 67.2 Å². The average molecular weight is 285 g/mol. The molecular weight excluding hydrogens is 270 g/mol. The molecule has 0 aliphatic rings. The van der Waals surface area contributed by atoms with Crippen LogP contribution in [0.5, 0.6) is 0 Å². The van der Waals surface area contributed by atoms with E-state index in [0.717, 1.165) is 22.6 Å². The maximum Gasteiger partial charge on any atom is 0.221 e. The number of hydrogen-bond acceptors (Lipinski definition) is 3. The Bertz CT molecular complexity index is 621. The normalized spacial score (nSPS) is 9.85. The molecule has 4 N–H and O–H groups in total. The second kappa shape index (κ2) is 6.16. The van der Waals surface area contributed by atoms with E-state index in [1.807, 2.05) is 48.5 Å². The smallest absolute Gasteiger partial charge is 0.221 e. The highest BCUT2D eigenvalue weighted by Gasteiger charge is 1.99. The first-order chi connectivity index (χ1) is 9.54. The molecule has 102 valence electrons. The number of rotatable bonds is 4. The first kappa shape index (κ1) is 14.0. The molecule has 1 amide bonds. The second-order valence-electron chi connectivity index (χ2n) is 4.33. The summed E-state index contributed by atoms with van der Waals surface area (Å²) in [6.45, 7) is 1.48. The molecule has 0 heterocycles. The van der Waals surface area contributed by atoms with Gasteiger partial charge in [0, 0.05) is 29.5 Å². The highest BCUT2D eigenvalue weighted by atomic mass is 32.1. The van der Waals surface area contributed by atoms with Gasteiger partial charge in [0.05, 0.1) is 0 Å². The Morgan fingerprint density at radius 3 is 1.85 bits per heavy atom. The minimum Gasteiger partial charge on any atom is -0.389 e. The summed E-state index contributed by atoms with van der Waals surface area (Å²) in [7, 11) is 0. The van der Waals surface area contributed by atoms with E-state index >= 15 is 0 Å². The number of hydrogen-bond donors (Lipinski definition) is 3. The largest absolute Gasteiger partial charge is 0.389 e. The van der Waals surface area contributed by atoms with E-state index in [4.69, 9.17) is 18.0 Å². The van der Waals surface area contributed by atoms with Gasteiger partial charge in [0.2, 0.25) is 5.91 Å². The molecule has 0 saturated heterocycles. The summed E-state index contributed by atoms with van der Waals surface area (Å²) < 4.78 is 0. The van der Waals surface area contributed by atoms with Gasteiger partial charge in [-0.15, -0.1) is 0 Å². The van der Waals surface area contributed by atoms with E-state index in [0.29, 0.717) is 4.99 Å². The van der Waals surface area contributed by atoms with Gasteiger partial charge in [-0.05, 0) is 48.5 Å². The number of carbonyl (C=O) groups excluding carboxylic acids is 1. The van der Waals surface area contributed by atoms with Gasteiger partial charge in [-0.1, -0.05) is 12.2 Å². The molecule has 0 fully saturated rings. The van der Waals surface area contributed by atoms with Crippen molar-refractivity contribution in [1.82, 2.24) is 0 Å². The molecule has 0 saturated carbocycles. The Morgan fingerprint density at radius 2 is 1.40 bits per heavy atom. The van der Waals surface area contributed by atoms with Gasteiger partial charge >= 0.3 is 0 Å². The minimum absolute atomic E-state index is 0.0842. The molecule has 2 rings (SSSR count). The highest BCUT2D eigenvalue weighted by Crippen LogP contribution is 2.19. The lowest BCUT2D eigenvalue weighted by atomic mass is 10.2. The summed E-state index contributed by atoms with van der Waals surface area (Å²) in [5.74, 6) is -0.0842. The van der Waals surface area contributed by atoms with Crippen molar-refractivity contribution in [3.05, 3.63) is 54.1 Å². The van der Waals surface area contributed by atoms with E-state index < -0.39 is 0 Å². The van der Waals surface area contributed by atoms with Crippen LogP contribution in [0, 0.1) is 0 Å². The Labute approximate surface area is 123 Å².